The molecule has 0 radical (unpaired) electrons. The second-order valence-corrected chi connectivity index (χ2v) is 14.8. The number of hydrogen-bond acceptors (Lipinski definition) is 7. The molecule has 2 N–H and O–H groups in total. The molecule has 6 rings (SSSR count). The molecule has 2 unspecified atom stereocenters. The summed E-state index contributed by atoms with van der Waals surface area (Å²) < 4.78 is 24.7. The third-order valence-electron chi connectivity index (χ3n) is 11.8. The van der Waals surface area contributed by atoms with Crippen LogP contribution in [0.25, 0.3) is 0 Å². The molecule has 5 aliphatic rings. The summed E-state index contributed by atoms with van der Waals surface area (Å²) in [5, 5.41) is 8.10. The molecule has 2 aliphatic heterocycles. The number of rotatable bonds is 6. The maximum atomic E-state index is 7.08. The Kier molecular flexibility index (Phi) is 11.8. The van der Waals surface area contributed by atoms with Crippen LogP contribution in [-0.4, -0.2) is 88.3 Å². The zero-order chi connectivity index (χ0) is 30.2. The Balaban J connectivity index is 1.18. The average molecular weight is 612 g/mol. The van der Waals surface area contributed by atoms with Gasteiger partial charge in [-0.1, -0.05) is 38.2 Å². The number of ether oxygens (including phenoxy) is 4. The molecule has 44 heavy (non-hydrogen) atoms. The van der Waals surface area contributed by atoms with E-state index in [-0.39, 0.29) is 6.10 Å². The van der Waals surface area contributed by atoms with E-state index in [1.165, 1.54) is 102 Å². The smallest absolute Gasteiger partial charge is 0.160 e. The van der Waals surface area contributed by atoms with Gasteiger partial charge in [0.05, 0.1) is 39.6 Å². The van der Waals surface area contributed by atoms with Gasteiger partial charge in [-0.2, -0.15) is 0 Å². The lowest BCUT2D eigenvalue weighted by atomic mass is 9.81. The van der Waals surface area contributed by atoms with Gasteiger partial charge >= 0.3 is 0 Å². The average Bonchev–Trinajstić information content (AvgIpc) is 3.85. The van der Waals surface area contributed by atoms with E-state index in [1.54, 1.807) is 14.2 Å². The Bertz CT molecular complexity index is 1010. The molecule has 5 atom stereocenters. The van der Waals surface area contributed by atoms with E-state index in [0.717, 1.165) is 63.0 Å². The van der Waals surface area contributed by atoms with Crippen molar-refractivity contribution in [3.63, 3.8) is 0 Å². The minimum Gasteiger partial charge on any atom is -0.493 e. The standard InChI is InChI=1S/C37H61N3O4/c1-41-35-17-15-28(23-36(35)42-2)14-16-34-30-11-8-13-32(24-30)43-22-20-39-37(18-19-37)27-38-33(29-9-4-3-5-10-29)25-40-21-7-6-12-31(40)26-44-34/h15,17,23,29-34,38-39H,3-14,16,18-22,24-27H2,1-2H3/t30?,31-,32?,33-,34+/m0/s1. The monoisotopic (exact) mass is 611 g/mol. The zero-order valence-electron chi connectivity index (χ0n) is 27.8. The van der Waals surface area contributed by atoms with Crippen LogP contribution in [-0.2, 0) is 15.9 Å². The second-order valence-electron chi connectivity index (χ2n) is 14.8. The molecular weight excluding hydrogens is 550 g/mol. The van der Waals surface area contributed by atoms with Gasteiger partial charge in [0.15, 0.2) is 11.5 Å². The van der Waals surface area contributed by atoms with Crippen molar-refractivity contribution in [2.75, 3.05) is 53.6 Å². The minimum atomic E-state index is 0.258. The lowest BCUT2D eigenvalue weighted by molar-refractivity contribution is -0.0647. The SMILES string of the molecule is COc1ccc(CC[C@H]2OC[C@@H]3CCCCN3C[C@@H](C3CCCCC3)NCC3(CC3)NCCOC3CCCC2C3)cc1OC. The first-order chi connectivity index (χ1) is 21.6. The van der Waals surface area contributed by atoms with Crippen LogP contribution >= 0.6 is 0 Å². The first-order valence-corrected chi connectivity index (χ1v) is 18.3. The van der Waals surface area contributed by atoms with Gasteiger partial charge in [0.25, 0.3) is 0 Å². The van der Waals surface area contributed by atoms with Crippen molar-refractivity contribution in [3.05, 3.63) is 23.8 Å². The predicted octanol–water partition coefficient (Wildman–Crippen LogP) is 6.13. The molecule has 2 heterocycles. The fraction of sp³-hybridized carbons (Fsp3) is 0.838. The summed E-state index contributed by atoms with van der Waals surface area (Å²) in [5.41, 5.74) is 1.58. The molecule has 5 fully saturated rings. The van der Waals surface area contributed by atoms with E-state index in [2.05, 4.69) is 27.7 Å². The maximum absolute atomic E-state index is 7.08. The third-order valence-corrected chi connectivity index (χ3v) is 11.8. The number of hydrogen-bond donors (Lipinski definition) is 2. The molecule has 0 amide bonds. The van der Waals surface area contributed by atoms with Gasteiger partial charge in [0.1, 0.15) is 0 Å². The quantitative estimate of drug-likeness (QED) is 0.402. The summed E-state index contributed by atoms with van der Waals surface area (Å²) in [7, 11) is 3.43. The summed E-state index contributed by atoms with van der Waals surface area (Å²) in [6, 6.07) is 7.48. The van der Waals surface area contributed by atoms with Crippen molar-refractivity contribution in [1.29, 1.82) is 0 Å². The number of fused-ring (bicyclic) bond motifs is 3. The molecule has 7 heteroatoms. The summed E-state index contributed by atoms with van der Waals surface area (Å²) in [6.45, 7) is 6.15. The van der Waals surface area contributed by atoms with Crippen molar-refractivity contribution in [2.24, 2.45) is 11.8 Å². The molecule has 1 aromatic rings. The third kappa shape index (κ3) is 8.70. The highest BCUT2D eigenvalue weighted by Gasteiger charge is 2.43. The lowest BCUT2D eigenvalue weighted by Crippen LogP contribution is -2.54. The Morgan fingerprint density at radius 1 is 0.886 bits per heavy atom. The maximum Gasteiger partial charge on any atom is 0.160 e. The minimum absolute atomic E-state index is 0.258. The molecule has 0 aromatic heterocycles. The largest absolute Gasteiger partial charge is 0.493 e. The van der Waals surface area contributed by atoms with E-state index < -0.39 is 0 Å². The van der Waals surface area contributed by atoms with E-state index in [0.29, 0.717) is 29.6 Å². The number of aryl methyl sites for hydroxylation is 1. The van der Waals surface area contributed by atoms with Crippen LogP contribution in [0, 0.1) is 11.8 Å². The number of piperidine rings is 1. The van der Waals surface area contributed by atoms with Crippen molar-refractivity contribution in [1.82, 2.24) is 15.5 Å². The fourth-order valence-corrected chi connectivity index (χ4v) is 8.80. The van der Waals surface area contributed by atoms with Gasteiger partial charge in [-0.15, -0.1) is 0 Å². The Morgan fingerprint density at radius 3 is 2.52 bits per heavy atom. The first-order valence-electron chi connectivity index (χ1n) is 18.3. The Hall–Kier alpha value is -1.38. The number of nitrogens with zero attached hydrogens (tertiary/aromatic N) is 1. The van der Waals surface area contributed by atoms with Crippen molar-refractivity contribution >= 4 is 0 Å². The predicted molar refractivity (Wildman–Crippen MR) is 177 cm³/mol. The van der Waals surface area contributed by atoms with Crippen LogP contribution in [0.3, 0.4) is 0 Å². The van der Waals surface area contributed by atoms with Gasteiger partial charge in [-0.3, -0.25) is 4.90 Å². The number of methoxy groups -OCH3 is 2. The molecule has 2 bridgehead atoms. The van der Waals surface area contributed by atoms with Gasteiger partial charge in [0.2, 0.25) is 0 Å². The highest BCUT2D eigenvalue weighted by Crippen LogP contribution is 2.37. The molecule has 2 saturated heterocycles. The van der Waals surface area contributed by atoms with Crippen LogP contribution in [0.4, 0.5) is 0 Å². The van der Waals surface area contributed by atoms with E-state index >= 15 is 0 Å². The Morgan fingerprint density at radius 2 is 1.70 bits per heavy atom. The van der Waals surface area contributed by atoms with Gasteiger partial charge < -0.3 is 29.6 Å². The van der Waals surface area contributed by atoms with Crippen LogP contribution in [0.1, 0.15) is 102 Å². The van der Waals surface area contributed by atoms with Gasteiger partial charge in [-0.05, 0) is 107 Å². The Labute approximate surface area is 267 Å². The molecule has 3 aliphatic carbocycles. The normalized spacial score (nSPS) is 32.8. The van der Waals surface area contributed by atoms with E-state index in [4.69, 9.17) is 18.9 Å². The van der Waals surface area contributed by atoms with Crippen LogP contribution < -0.4 is 20.1 Å². The fourth-order valence-electron chi connectivity index (χ4n) is 8.80. The van der Waals surface area contributed by atoms with Crippen molar-refractivity contribution < 1.29 is 18.9 Å². The topological polar surface area (TPSA) is 64.2 Å². The van der Waals surface area contributed by atoms with Crippen LogP contribution in [0.5, 0.6) is 11.5 Å². The molecule has 7 nitrogen and oxygen atoms in total. The lowest BCUT2D eigenvalue weighted by Gasteiger charge is -2.42. The molecule has 3 saturated carbocycles. The molecule has 1 aromatic carbocycles. The van der Waals surface area contributed by atoms with Crippen molar-refractivity contribution in [2.45, 2.75) is 133 Å². The number of nitrogens with one attached hydrogen (secondary N) is 2. The van der Waals surface area contributed by atoms with Crippen LogP contribution in [0.15, 0.2) is 18.2 Å². The first kappa shape index (κ1) is 32.6. The van der Waals surface area contributed by atoms with E-state index in [9.17, 15) is 0 Å². The van der Waals surface area contributed by atoms with E-state index in [1.807, 2.05) is 6.07 Å². The van der Waals surface area contributed by atoms with Gasteiger partial charge in [-0.25, -0.2) is 0 Å². The van der Waals surface area contributed by atoms with Gasteiger partial charge in [0, 0.05) is 37.3 Å². The zero-order valence-corrected chi connectivity index (χ0v) is 27.8. The molecule has 248 valence electrons. The summed E-state index contributed by atoms with van der Waals surface area (Å²) in [5.74, 6) is 2.97. The molecular formula is C37H61N3O4. The summed E-state index contributed by atoms with van der Waals surface area (Å²) in [4.78, 5) is 2.83. The highest BCUT2D eigenvalue weighted by molar-refractivity contribution is 5.42. The van der Waals surface area contributed by atoms with Crippen molar-refractivity contribution in [3.8, 4) is 11.5 Å². The molecule has 1 spiro atoms. The highest BCUT2D eigenvalue weighted by atomic mass is 16.5. The number of benzene rings is 1. The van der Waals surface area contributed by atoms with Crippen LogP contribution in [0.2, 0.25) is 0 Å². The summed E-state index contributed by atoms with van der Waals surface area (Å²) >= 11 is 0. The summed E-state index contributed by atoms with van der Waals surface area (Å²) in [6.07, 6.45) is 21.0. The second kappa shape index (κ2) is 15.9.